The van der Waals surface area contributed by atoms with Crippen LogP contribution in [0.1, 0.15) is 20.3 Å². The van der Waals surface area contributed by atoms with Crippen LogP contribution in [0.25, 0.3) is 0 Å². The zero-order chi connectivity index (χ0) is 24.8. The summed E-state index contributed by atoms with van der Waals surface area (Å²) in [7, 11) is 1.58. The minimum Gasteiger partial charge on any atom is -0.495 e. The summed E-state index contributed by atoms with van der Waals surface area (Å²) in [6.45, 7) is 8.17. The van der Waals surface area contributed by atoms with Crippen molar-refractivity contribution in [2.75, 3.05) is 60.3 Å². The number of ether oxygens (including phenoxy) is 1. The van der Waals surface area contributed by atoms with E-state index in [1.54, 1.807) is 19.2 Å². The smallest absolute Gasteiger partial charge is 0.233 e. The van der Waals surface area contributed by atoms with Gasteiger partial charge >= 0.3 is 0 Å². The Morgan fingerprint density at radius 3 is 2.31 bits per heavy atom. The topological polar surface area (TPSA) is 78.4 Å². The Balaban J connectivity index is 1.51. The van der Waals surface area contributed by atoms with Crippen molar-refractivity contribution < 1.29 is 9.13 Å². The Kier molecular flexibility index (Phi) is 8.07. The molecule has 0 unspecified atom stereocenters. The highest BCUT2D eigenvalue weighted by Crippen LogP contribution is 2.29. The molecule has 186 valence electrons. The molecule has 35 heavy (non-hydrogen) atoms. The van der Waals surface area contributed by atoms with Gasteiger partial charge in [0.25, 0.3) is 0 Å². The van der Waals surface area contributed by atoms with Crippen molar-refractivity contribution in [3.8, 4) is 5.75 Å². The van der Waals surface area contributed by atoms with E-state index in [1.807, 2.05) is 18.2 Å². The van der Waals surface area contributed by atoms with Crippen LogP contribution in [0, 0.1) is 11.7 Å². The molecule has 2 aromatic carbocycles. The fraction of sp³-hybridized carbons (Fsp3) is 0.400. The van der Waals surface area contributed by atoms with Crippen LogP contribution in [0.5, 0.6) is 5.75 Å². The van der Waals surface area contributed by atoms with Gasteiger partial charge in [-0.1, -0.05) is 25.4 Å². The second-order valence-corrected chi connectivity index (χ2v) is 9.22. The Bertz CT molecular complexity index is 1120. The van der Waals surface area contributed by atoms with Crippen LogP contribution in [-0.2, 0) is 0 Å². The molecule has 1 fully saturated rings. The molecule has 3 aromatic rings. The predicted molar refractivity (Wildman–Crippen MR) is 140 cm³/mol. The number of hydrogen-bond acceptors (Lipinski definition) is 8. The lowest BCUT2D eigenvalue weighted by atomic mass is 10.1. The van der Waals surface area contributed by atoms with E-state index in [4.69, 9.17) is 16.3 Å². The molecule has 0 amide bonds. The van der Waals surface area contributed by atoms with Crippen molar-refractivity contribution in [1.29, 1.82) is 0 Å². The molecular weight excluding hydrogens is 469 g/mol. The van der Waals surface area contributed by atoms with Gasteiger partial charge in [0.1, 0.15) is 11.6 Å². The predicted octanol–water partition coefficient (Wildman–Crippen LogP) is 5.20. The summed E-state index contributed by atoms with van der Waals surface area (Å²) in [5, 5.41) is 7.07. The number of nitrogens with zero attached hydrogens (tertiary/aromatic N) is 5. The number of benzene rings is 2. The van der Waals surface area contributed by atoms with Gasteiger partial charge in [0, 0.05) is 44.1 Å². The Labute approximate surface area is 210 Å². The molecule has 0 bridgehead atoms. The Morgan fingerprint density at radius 1 is 0.971 bits per heavy atom. The zero-order valence-corrected chi connectivity index (χ0v) is 21.0. The van der Waals surface area contributed by atoms with E-state index in [2.05, 4.69) is 49.2 Å². The number of anilines is 5. The Hall–Kier alpha value is -3.33. The maximum Gasteiger partial charge on any atom is 0.233 e. The molecule has 10 heteroatoms. The number of halogens is 2. The third kappa shape index (κ3) is 6.63. The van der Waals surface area contributed by atoms with E-state index in [9.17, 15) is 4.39 Å². The second-order valence-electron chi connectivity index (χ2n) is 8.82. The molecule has 2 N–H and O–H groups in total. The molecule has 8 nitrogen and oxygen atoms in total. The summed E-state index contributed by atoms with van der Waals surface area (Å²) in [5.74, 6) is 2.51. The van der Waals surface area contributed by atoms with Gasteiger partial charge in [0.15, 0.2) is 0 Å². The van der Waals surface area contributed by atoms with Crippen LogP contribution in [0.3, 0.4) is 0 Å². The zero-order valence-electron chi connectivity index (χ0n) is 20.3. The van der Waals surface area contributed by atoms with Gasteiger partial charge in [-0.25, -0.2) is 4.39 Å². The molecule has 0 radical (unpaired) electrons. The molecular formula is C25H31ClFN7O. The van der Waals surface area contributed by atoms with E-state index >= 15 is 0 Å². The van der Waals surface area contributed by atoms with Gasteiger partial charge in [0.05, 0.1) is 12.1 Å². The lowest BCUT2D eigenvalue weighted by molar-refractivity contribution is 0.415. The van der Waals surface area contributed by atoms with Gasteiger partial charge in [0.2, 0.25) is 17.8 Å². The maximum atomic E-state index is 13.3. The van der Waals surface area contributed by atoms with Crippen LogP contribution in [-0.4, -0.2) is 54.8 Å². The van der Waals surface area contributed by atoms with Crippen LogP contribution in [0.2, 0.25) is 5.02 Å². The summed E-state index contributed by atoms with van der Waals surface area (Å²) < 4.78 is 18.5. The molecule has 0 aliphatic carbocycles. The average molecular weight is 500 g/mol. The van der Waals surface area contributed by atoms with Crippen molar-refractivity contribution in [3.05, 3.63) is 53.3 Å². The molecule has 4 rings (SSSR count). The SMILES string of the molecule is COc1ccc(Nc2nc(NCCC(C)C)nc(N3CCN(c4ccc(F)cc4)CC3)n2)cc1Cl. The first-order chi connectivity index (χ1) is 16.9. The number of methoxy groups -OCH3 is 1. The maximum absolute atomic E-state index is 13.3. The first-order valence-electron chi connectivity index (χ1n) is 11.8. The fourth-order valence-electron chi connectivity index (χ4n) is 3.80. The third-order valence-electron chi connectivity index (χ3n) is 5.79. The first-order valence-corrected chi connectivity index (χ1v) is 12.1. The summed E-state index contributed by atoms with van der Waals surface area (Å²) in [4.78, 5) is 18.3. The van der Waals surface area contributed by atoms with Gasteiger partial charge in [-0.05, 0) is 54.8 Å². The monoisotopic (exact) mass is 499 g/mol. The standard InChI is InChI=1S/C25H31ClFN7O/c1-17(2)10-11-28-23-30-24(29-19-6-9-22(35-3)21(26)16-19)32-25(31-23)34-14-12-33(13-15-34)20-7-4-18(27)5-8-20/h4-9,16-17H,10-15H2,1-3H3,(H2,28,29,30,31,32). The Morgan fingerprint density at radius 2 is 1.66 bits per heavy atom. The van der Waals surface area contributed by atoms with E-state index in [-0.39, 0.29) is 5.82 Å². The third-order valence-corrected chi connectivity index (χ3v) is 6.09. The van der Waals surface area contributed by atoms with Crippen LogP contribution in [0.4, 0.5) is 33.6 Å². The second kappa shape index (κ2) is 11.4. The number of nitrogens with one attached hydrogen (secondary N) is 2. The lowest BCUT2D eigenvalue weighted by Gasteiger charge is -2.36. The molecule has 0 atom stereocenters. The van der Waals surface area contributed by atoms with Crippen molar-refractivity contribution in [2.45, 2.75) is 20.3 Å². The largest absolute Gasteiger partial charge is 0.495 e. The van der Waals surface area contributed by atoms with Crippen molar-refractivity contribution >= 4 is 40.8 Å². The average Bonchev–Trinajstić information content (AvgIpc) is 2.84. The van der Waals surface area contributed by atoms with Crippen molar-refractivity contribution in [3.63, 3.8) is 0 Å². The van der Waals surface area contributed by atoms with Crippen molar-refractivity contribution in [1.82, 2.24) is 15.0 Å². The van der Waals surface area contributed by atoms with Crippen LogP contribution in [0.15, 0.2) is 42.5 Å². The molecule has 2 heterocycles. The molecule has 0 saturated carbocycles. The van der Waals surface area contributed by atoms with Gasteiger partial charge in [-0.2, -0.15) is 15.0 Å². The minimum absolute atomic E-state index is 0.228. The number of rotatable bonds is 9. The number of hydrogen-bond donors (Lipinski definition) is 2. The molecule has 1 aromatic heterocycles. The van der Waals surface area contributed by atoms with Crippen molar-refractivity contribution in [2.24, 2.45) is 5.92 Å². The van der Waals surface area contributed by atoms with Crippen LogP contribution >= 0.6 is 11.6 Å². The highest BCUT2D eigenvalue weighted by Gasteiger charge is 2.21. The lowest BCUT2D eigenvalue weighted by Crippen LogP contribution is -2.47. The molecule has 1 saturated heterocycles. The van der Waals surface area contributed by atoms with E-state index in [0.717, 1.165) is 50.5 Å². The molecule has 0 spiro atoms. The summed E-state index contributed by atoms with van der Waals surface area (Å²) in [6.07, 6.45) is 1.01. The fourth-order valence-corrected chi connectivity index (χ4v) is 4.06. The van der Waals surface area contributed by atoms with Gasteiger partial charge in [-0.15, -0.1) is 0 Å². The summed E-state index contributed by atoms with van der Waals surface area (Å²) in [6, 6.07) is 12.0. The number of aromatic nitrogens is 3. The first kappa shape index (κ1) is 24.8. The quantitative estimate of drug-likeness (QED) is 0.416. The minimum atomic E-state index is -0.228. The molecule has 1 aliphatic rings. The number of piperazine rings is 1. The van der Waals surface area contributed by atoms with E-state index < -0.39 is 0 Å². The normalized spacial score (nSPS) is 13.8. The van der Waals surface area contributed by atoms with Gasteiger partial charge in [-0.3, -0.25) is 0 Å². The molecule has 1 aliphatic heterocycles. The highest BCUT2D eigenvalue weighted by atomic mass is 35.5. The van der Waals surface area contributed by atoms with Gasteiger partial charge < -0.3 is 25.2 Å². The summed E-state index contributed by atoms with van der Waals surface area (Å²) in [5.41, 5.74) is 1.76. The van der Waals surface area contributed by atoms with E-state index in [0.29, 0.717) is 34.5 Å². The summed E-state index contributed by atoms with van der Waals surface area (Å²) >= 11 is 6.29. The van der Waals surface area contributed by atoms with E-state index in [1.165, 1.54) is 12.1 Å². The highest BCUT2D eigenvalue weighted by molar-refractivity contribution is 6.32. The van der Waals surface area contributed by atoms with Crippen LogP contribution < -0.4 is 25.2 Å².